The number of carboxylic acids is 2. The van der Waals surface area contributed by atoms with Gasteiger partial charge in [-0.15, -0.1) is 0 Å². The van der Waals surface area contributed by atoms with Gasteiger partial charge in [0.05, 0.1) is 6.61 Å². The fraction of sp³-hybridized carbons (Fsp3) is 0.231. The van der Waals surface area contributed by atoms with Crippen molar-refractivity contribution < 1.29 is 38.7 Å². The van der Waals surface area contributed by atoms with Crippen molar-refractivity contribution in [2.24, 2.45) is 0 Å². The van der Waals surface area contributed by atoms with Crippen LogP contribution in [0.15, 0.2) is 30.3 Å². The molecule has 9 nitrogen and oxygen atoms in total. The van der Waals surface area contributed by atoms with Crippen molar-refractivity contribution in [2.75, 3.05) is 6.61 Å². The highest BCUT2D eigenvalue weighted by Gasteiger charge is 2.49. The predicted molar refractivity (Wildman–Crippen MR) is 76.8 cm³/mol. The minimum Gasteiger partial charge on any atom is -0.508 e. The normalized spacial score (nSPS) is 10.5. The molecule has 0 spiro atoms. The zero-order valence-electron chi connectivity index (χ0n) is 12.1. The van der Waals surface area contributed by atoms with Crippen molar-refractivity contribution in [3.8, 4) is 0 Å². The van der Waals surface area contributed by atoms with Crippen LogP contribution in [0.5, 0.6) is 0 Å². The molecule has 0 unspecified atom stereocenters. The molecule has 3 N–H and O–H groups in total. The molecule has 0 aliphatic carbocycles. The van der Waals surface area contributed by atoms with E-state index < -0.39 is 37.1 Å². The summed E-state index contributed by atoms with van der Waals surface area (Å²) in [5.41, 5.74) is -2.34. The summed E-state index contributed by atoms with van der Waals surface area (Å²) in [5, 5.41) is 20.2. The van der Waals surface area contributed by atoms with Gasteiger partial charge in [0.25, 0.3) is 12.0 Å². The molecule has 23 heavy (non-hydrogen) atoms. The molecule has 0 aliphatic heterocycles. The van der Waals surface area contributed by atoms with Gasteiger partial charge in [-0.25, -0.2) is 9.59 Å². The van der Waals surface area contributed by atoms with Crippen LogP contribution in [0.3, 0.4) is 0 Å². The van der Waals surface area contributed by atoms with Gasteiger partial charge in [-0.2, -0.15) is 0 Å². The van der Waals surface area contributed by atoms with Crippen LogP contribution in [-0.4, -0.2) is 53.8 Å². The summed E-state index contributed by atoms with van der Waals surface area (Å²) in [5.74, 6) is -4.51. The van der Waals surface area contributed by atoms with Crippen LogP contribution < -0.4 is 10.8 Å². The molecule has 0 radical (unpaired) electrons. The average molecular weight is 323 g/mol. The van der Waals surface area contributed by atoms with E-state index in [1.807, 2.05) is 5.32 Å². The molecule has 0 bridgehead atoms. The zero-order valence-corrected chi connectivity index (χ0v) is 12.1. The third-order valence-corrected chi connectivity index (χ3v) is 2.82. The third kappa shape index (κ3) is 4.55. The maximum atomic E-state index is 11.3. The quantitative estimate of drug-likeness (QED) is 0.287. The van der Waals surface area contributed by atoms with E-state index in [1.165, 1.54) is 12.1 Å². The minimum absolute atomic E-state index is 0.0826. The Morgan fingerprint density at radius 3 is 2.22 bits per heavy atom. The number of carbonyl (C=O) groups excluding carboxylic acids is 2. The van der Waals surface area contributed by atoms with E-state index in [4.69, 9.17) is 4.65 Å². The molecule has 1 aromatic carbocycles. The van der Waals surface area contributed by atoms with Gasteiger partial charge in [0.15, 0.2) is 0 Å². The molecule has 0 saturated carbocycles. The Kier molecular flexibility index (Phi) is 6.28. The van der Waals surface area contributed by atoms with Crippen LogP contribution in [-0.2, 0) is 28.5 Å². The molecule has 122 valence electrons. The second kappa shape index (κ2) is 7.94. The van der Waals surface area contributed by atoms with Crippen LogP contribution in [0, 0.1) is 0 Å². The molecular weight excluding hydrogens is 309 g/mol. The van der Waals surface area contributed by atoms with Crippen LogP contribution >= 0.6 is 0 Å². The van der Waals surface area contributed by atoms with Gasteiger partial charge in [0.2, 0.25) is 5.91 Å². The van der Waals surface area contributed by atoms with Crippen LogP contribution in [0.25, 0.3) is 0 Å². The highest BCUT2D eigenvalue weighted by Crippen LogP contribution is 2.09. The van der Waals surface area contributed by atoms with Crippen molar-refractivity contribution in [1.82, 2.24) is 5.32 Å². The molecular formula is C13H14BNO8. The summed E-state index contributed by atoms with van der Waals surface area (Å²) >= 11 is 0. The summed E-state index contributed by atoms with van der Waals surface area (Å²) in [6, 6.07) is 8.01. The average Bonchev–Trinajstić information content (AvgIpc) is 2.50. The topological polar surface area (TPSA) is 139 Å². The van der Waals surface area contributed by atoms with Crippen molar-refractivity contribution in [2.45, 2.75) is 12.5 Å². The molecule has 0 atom stereocenters. The minimum atomic E-state index is -2.70. The van der Waals surface area contributed by atoms with E-state index in [9.17, 15) is 29.4 Å². The third-order valence-electron chi connectivity index (χ3n) is 2.82. The maximum Gasteiger partial charge on any atom is 0.564 e. The lowest BCUT2D eigenvalue weighted by Crippen LogP contribution is -2.63. The van der Waals surface area contributed by atoms with Crippen molar-refractivity contribution in [3.63, 3.8) is 0 Å². The Hall–Kier alpha value is -2.88. The van der Waals surface area contributed by atoms with E-state index >= 15 is 0 Å². The Morgan fingerprint density at radius 1 is 1.22 bits per heavy atom. The second-order valence-electron chi connectivity index (χ2n) is 4.48. The molecule has 1 amide bonds. The van der Waals surface area contributed by atoms with Crippen molar-refractivity contribution in [1.29, 1.82) is 0 Å². The van der Waals surface area contributed by atoms with E-state index in [-0.39, 0.29) is 6.47 Å². The van der Waals surface area contributed by atoms with E-state index in [0.717, 1.165) is 6.92 Å². The number of hydrogen-bond donors (Lipinski definition) is 3. The van der Waals surface area contributed by atoms with Gasteiger partial charge in [0.1, 0.15) is 0 Å². The fourth-order valence-corrected chi connectivity index (χ4v) is 1.73. The fourth-order valence-electron chi connectivity index (χ4n) is 1.73. The van der Waals surface area contributed by atoms with Gasteiger partial charge < -0.3 is 24.8 Å². The number of carboxylic acid groups (broad SMARTS) is 2. The number of carbonyl (C=O) groups is 4. The smallest absolute Gasteiger partial charge is 0.508 e. The molecule has 0 heterocycles. The second-order valence-corrected chi connectivity index (χ2v) is 4.48. The van der Waals surface area contributed by atoms with Gasteiger partial charge in [0, 0.05) is 6.92 Å². The number of hydrogen-bond acceptors (Lipinski definition) is 6. The Balaban J connectivity index is 3.02. The monoisotopic (exact) mass is 323 g/mol. The molecule has 0 fully saturated rings. The number of benzene rings is 1. The first-order chi connectivity index (χ1) is 10.8. The van der Waals surface area contributed by atoms with Gasteiger partial charge in [-0.3, -0.25) is 9.59 Å². The first-order valence-corrected chi connectivity index (χ1v) is 6.34. The highest BCUT2D eigenvalue weighted by molar-refractivity contribution is 6.62. The van der Waals surface area contributed by atoms with Gasteiger partial charge in [-0.1, -0.05) is 30.3 Å². The summed E-state index contributed by atoms with van der Waals surface area (Å²) in [7, 11) is -1.32. The molecule has 0 aliphatic rings. The van der Waals surface area contributed by atoms with E-state index in [1.54, 1.807) is 18.2 Å². The van der Waals surface area contributed by atoms with E-state index in [0.29, 0.717) is 5.46 Å². The standard InChI is InChI=1S/C13H14BNO8/c1-9(17)15-13(11(18)19,12(20)21)7-22-14(23-8-16)10-5-3-2-4-6-10/h2-6,8H,7H2,1H3,(H,15,17)(H,18,19)(H,20,21). The zero-order chi connectivity index (χ0) is 17.5. The molecule has 0 saturated heterocycles. The largest absolute Gasteiger partial charge is 0.564 e. The Bertz CT molecular complexity index is 577. The lowest BCUT2D eigenvalue weighted by molar-refractivity contribution is -0.163. The summed E-state index contributed by atoms with van der Waals surface area (Å²) in [4.78, 5) is 44.3. The maximum absolute atomic E-state index is 11.3. The molecule has 1 aromatic rings. The van der Waals surface area contributed by atoms with Crippen LogP contribution in [0.2, 0.25) is 0 Å². The van der Waals surface area contributed by atoms with Crippen LogP contribution in [0.1, 0.15) is 6.92 Å². The summed E-state index contributed by atoms with van der Waals surface area (Å²) in [6.07, 6.45) is 0. The highest BCUT2D eigenvalue weighted by atomic mass is 16.6. The lowest BCUT2D eigenvalue weighted by Gasteiger charge is -2.26. The number of amides is 1. The summed E-state index contributed by atoms with van der Waals surface area (Å²) in [6.45, 7) is 0.0984. The first-order valence-electron chi connectivity index (χ1n) is 6.34. The van der Waals surface area contributed by atoms with Crippen LogP contribution in [0.4, 0.5) is 0 Å². The lowest BCUT2D eigenvalue weighted by atomic mass is 9.78. The molecule has 0 aromatic heterocycles. The summed E-state index contributed by atoms with van der Waals surface area (Å²) < 4.78 is 9.81. The molecule has 1 rings (SSSR count). The van der Waals surface area contributed by atoms with Gasteiger partial charge in [-0.05, 0) is 5.46 Å². The predicted octanol–water partition coefficient (Wildman–Crippen LogP) is -1.38. The SMILES string of the molecule is CC(=O)NC(COB(OC=O)c1ccccc1)(C(=O)O)C(=O)O. The van der Waals surface area contributed by atoms with Crippen molar-refractivity contribution in [3.05, 3.63) is 30.3 Å². The van der Waals surface area contributed by atoms with Crippen molar-refractivity contribution >= 4 is 36.9 Å². The molecule has 10 heteroatoms. The van der Waals surface area contributed by atoms with Gasteiger partial charge >= 0.3 is 19.1 Å². The Morgan fingerprint density at radius 2 is 1.78 bits per heavy atom. The van der Waals surface area contributed by atoms with E-state index in [2.05, 4.69) is 4.65 Å². The number of rotatable bonds is 9. The number of aliphatic carboxylic acids is 2. The first kappa shape index (κ1) is 18.2. The Labute approximate surface area is 131 Å². The number of nitrogens with one attached hydrogen (secondary N) is 1.